The minimum atomic E-state index is 0.594. The second-order valence-corrected chi connectivity index (χ2v) is 4.67. The number of nitrogens with two attached hydrogens (primary N) is 1. The van der Waals surface area contributed by atoms with Crippen LogP contribution in [0.3, 0.4) is 0 Å². The Kier molecular flexibility index (Phi) is 6.38. The normalized spacial score (nSPS) is 10.9. The van der Waals surface area contributed by atoms with Gasteiger partial charge in [0.1, 0.15) is 5.75 Å². The fourth-order valence-electron chi connectivity index (χ4n) is 1.79. The highest BCUT2D eigenvalue weighted by atomic mass is 35.5. The molecule has 0 heterocycles. The van der Waals surface area contributed by atoms with Crippen LogP contribution in [0.4, 0.5) is 0 Å². The van der Waals surface area contributed by atoms with E-state index < -0.39 is 0 Å². The standard InChI is InChI=1S/C14H22ClNO/c1-3-11(4-2)10-17-14-12(8-9-16)6-5-7-13(14)15/h5-7,11H,3-4,8-10,16H2,1-2H3. The van der Waals surface area contributed by atoms with Crippen LogP contribution in [0, 0.1) is 5.92 Å². The third-order valence-electron chi connectivity index (χ3n) is 3.08. The van der Waals surface area contributed by atoms with Gasteiger partial charge in [-0.25, -0.2) is 0 Å². The molecule has 2 N–H and O–H groups in total. The summed E-state index contributed by atoms with van der Waals surface area (Å²) < 4.78 is 5.88. The van der Waals surface area contributed by atoms with Crippen molar-refractivity contribution in [1.82, 2.24) is 0 Å². The number of benzene rings is 1. The molecule has 17 heavy (non-hydrogen) atoms. The number of hydrogen-bond donors (Lipinski definition) is 1. The minimum Gasteiger partial charge on any atom is -0.491 e. The van der Waals surface area contributed by atoms with Gasteiger partial charge in [0.05, 0.1) is 11.6 Å². The van der Waals surface area contributed by atoms with Crippen LogP contribution < -0.4 is 10.5 Å². The van der Waals surface area contributed by atoms with Crippen LogP contribution in [0.1, 0.15) is 32.3 Å². The largest absolute Gasteiger partial charge is 0.491 e. The maximum absolute atomic E-state index is 6.17. The smallest absolute Gasteiger partial charge is 0.141 e. The highest BCUT2D eigenvalue weighted by Crippen LogP contribution is 2.29. The summed E-state index contributed by atoms with van der Waals surface area (Å²) in [4.78, 5) is 0. The molecule has 0 unspecified atom stereocenters. The molecule has 0 aliphatic heterocycles. The van der Waals surface area contributed by atoms with Crippen LogP contribution in [0.5, 0.6) is 5.75 Å². The molecule has 0 fully saturated rings. The van der Waals surface area contributed by atoms with E-state index in [-0.39, 0.29) is 0 Å². The lowest BCUT2D eigenvalue weighted by atomic mass is 10.1. The lowest BCUT2D eigenvalue weighted by Gasteiger charge is -2.17. The molecular weight excluding hydrogens is 234 g/mol. The summed E-state index contributed by atoms with van der Waals surface area (Å²) in [5.41, 5.74) is 6.69. The van der Waals surface area contributed by atoms with Crippen LogP contribution >= 0.6 is 11.6 Å². The molecule has 0 aliphatic carbocycles. The molecule has 0 atom stereocenters. The molecule has 3 heteroatoms. The lowest BCUT2D eigenvalue weighted by Crippen LogP contribution is -2.12. The Morgan fingerprint density at radius 2 is 2.00 bits per heavy atom. The average molecular weight is 256 g/mol. The Bertz CT molecular complexity index is 337. The van der Waals surface area contributed by atoms with Gasteiger partial charge >= 0.3 is 0 Å². The van der Waals surface area contributed by atoms with Crippen LogP contribution in [-0.4, -0.2) is 13.2 Å². The van der Waals surface area contributed by atoms with Crippen molar-refractivity contribution < 1.29 is 4.74 Å². The van der Waals surface area contributed by atoms with Crippen molar-refractivity contribution in [2.24, 2.45) is 11.7 Å². The van der Waals surface area contributed by atoms with E-state index in [0.29, 0.717) is 17.5 Å². The fraction of sp³-hybridized carbons (Fsp3) is 0.571. The third kappa shape index (κ3) is 4.21. The van der Waals surface area contributed by atoms with Gasteiger partial charge in [0.25, 0.3) is 0 Å². The lowest BCUT2D eigenvalue weighted by molar-refractivity contribution is 0.239. The summed E-state index contributed by atoms with van der Waals surface area (Å²) in [6.45, 7) is 5.71. The van der Waals surface area contributed by atoms with Gasteiger partial charge in [-0.05, 0) is 30.5 Å². The van der Waals surface area contributed by atoms with Crippen molar-refractivity contribution in [3.05, 3.63) is 28.8 Å². The molecule has 1 rings (SSSR count). The Morgan fingerprint density at radius 1 is 1.29 bits per heavy atom. The molecule has 2 nitrogen and oxygen atoms in total. The van der Waals surface area contributed by atoms with E-state index in [1.165, 1.54) is 0 Å². The molecule has 0 spiro atoms. The summed E-state index contributed by atoms with van der Waals surface area (Å²) >= 11 is 6.17. The predicted octanol–water partition coefficient (Wildman–Crippen LogP) is 3.66. The van der Waals surface area contributed by atoms with Crippen molar-refractivity contribution in [3.8, 4) is 5.75 Å². The molecule has 0 saturated heterocycles. The molecule has 0 amide bonds. The molecule has 0 radical (unpaired) electrons. The van der Waals surface area contributed by atoms with E-state index in [9.17, 15) is 0 Å². The van der Waals surface area contributed by atoms with Gasteiger partial charge < -0.3 is 10.5 Å². The van der Waals surface area contributed by atoms with Crippen molar-refractivity contribution in [3.63, 3.8) is 0 Å². The van der Waals surface area contributed by atoms with E-state index in [2.05, 4.69) is 13.8 Å². The molecule has 0 aromatic heterocycles. The van der Waals surface area contributed by atoms with Gasteiger partial charge in [-0.3, -0.25) is 0 Å². The summed E-state index contributed by atoms with van der Waals surface area (Å²) in [6.07, 6.45) is 3.07. The number of ether oxygens (including phenoxy) is 1. The van der Waals surface area contributed by atoms with E-state index in [1.807, 2.05) is 18.2 Å². The Hall–Kier alpha value is -0.730. The Balaban J connectivity index is 2.74. The van der Waals surface area contributed by atoms with E-state index in [4.69, 9.17) is 22.1 Å². The number of rotatable bonds is 7. The monoisotopic (exact) mass is 255 g/mol. The first kappa shape index (κ1) is 14.3. The van der Waals surface area contributed by atoms with Gasteiger partial charge in [0.15, 0.2) is 0 Å². The van der Waals surface area contributed by atoms with Gasteiger partial charge in [-0.2, -0.15) is 0 Å². The summed E-state index contributed by atoms with van der Waals surface area (Å²) in [7, 11) is 0. The second kappa shape index (κ2) is 7.57. The zero-order valence-electron chi connectivity index (χ0n) is 10.7. The van der Waals surface area contributed by atoms with Crippen LogP contribution in [0.15, 0.2) is 18.2 Å². The van der Waals surface area contributed by atoms with Crippen molar-refractivity contribution in [1.29, 1.82) is 0 Å². The zero-order valence-corrected chi connectivity index (χ0v) is 11.5. The highest BCUT2D eigenvalue weighted by molar-refractivity contribution is 6.32. The summed E-state index contributed by atoms with van der Waals surface area (Å²) in [5.74, 6) is 1.41. The van der Waals surface area contributed by atoms with Crippen LogP contribution in [-0.2, 0) is 6.42 Å². The first-order chi connectivity index (χ1) is 8.22. The number of halogens is 1. The van der Waals surface area contributed by atoms with Gasteiger partial charge in [-0.15, -0.1) is 0 Å². The van der Waals surface area contributed by atoms with Crippen molar-refractivity contribution in [2.75, 3.05) is 13.2 Å². The van der Waals surface area contributed by atoms with Gasteiger partial charge in [-0.1, -0.05) is 50.4 Å². The van der Waals surface area contributed by atoms with Crippen molar-refractivity contribution >= 4 is 11.6 Å². The molecule has 1 aromatic carbocycles. The quantitative estimate of drug-likeness (QED) is 0.807. The van der Waals surface area contributed by atoms with Gasteiger partial charge in [0.2, 0.25) is 0 Å². The summed E-state index contributed by atoms with van der Waals surface area (Å²) in [6, 6.07) is 5.84. The number of hydrogen-bond acceptors (Lipinski definition) is 2. The van der Waals surface area contributed by atoms with E-state index in [0.717, 1.165) is 37.2 Å². The molecule has 0 aliphatic rings. The highest BCUT2D eigenvalue weighted by Gasteiger charge is 2.10. The molecule has 0 bridgehead atoms. The zero-order chi connectivity index (χ0) is 12.7. The SMILES string of the molecule is CCC(CC)COc1c(Cl)cccc1CCN. The van der Waals surface area contributed by atoms with Gasteiger partial charge in [0, 0.05) is 0 Å². The van der Waals surface area contributed by atoms with E-state index >= 15 is 0 Å². The second-order valence-electron chi connectivity index (χ2n) is 4.26. The summed E-state index contributed by atoms with van der Waals surface area (Å²) in [5, 5.41) is 0.682. The first-order valence-electron chi connectivity index (χ1n) is 6.33. The molecule has 0 saturated carbocycles. The molecular formula is C14H22ClNO. The number of para-hydroxylation sites is 1. The molecule has 1 aromatic rings. The third-order valence-corrected chi connectivity index (χ3v) is 3.38. The molecule has 96 valence electrons. The first-order valence-corrected chi connectivity index (χ1v) is 6.70. The Labute approximate surface area is 109 Å². The average Bonchev–Trinajstić information content (AvgIpc) is 2.33. The Morgan fingerprint density at radius 3 is 2.59 bits per heavy atom. The van der Waals surface area contributed by atoms with Crippen molar-refractivity contribution in [2.45, 2.75) is 33.1 Å². The fourth-order valence-corrected chi connectivity index (χ4v) is 2.04. The predicted molar refractivity (Wildman–Crippen MR) is 73.8 cm³/mol. The van der Waals surface area contributed by atoms with Crippen LogP contribution in [0.25, 0.3) is 0 Å². The maximum Gasteiger partial charge on any atom is 0.141 e. The topological polar surface area (TPSA) is 35.2 Å². The van der Waals surface area contributed by atoms with Crippen LogP contribution in [0.2, 0.25) is 5.02 Å². The minimum absolute atomic E-state index is 0.594. The maximum atomic E-state index is 6.17. The van der Waals surface area contributed by atoms with E-state index in [1.54, 1.807) is 0 Å².